The molecular weight excluding hydrogens is 266 g/mol. The molecule has 0 aromatic heterocycles. The zero-order chi connectivity index (χ0) is 15.1. The van der Waals surface area contributed by atoms with E-state index in [1.807, 2.05) is 6.07 Å². The van der Waals surface area contributed by atoms with Crippen LogP contribution in [0.5, 0.6) is 5.75 Å². The molecule has 0 saturated heterocycles. The number of ether oxygens (including phenoxy) is 1. The average molecular weight is 285 g/mol. The molecule has 0 spiro atoms. The number of nitriles is 1. The molecule has 1 atom stereocenters. The Balaban J connectivity index is 1.85. The highest BCUT2D eigenvalue weighted by atomic mass is 16.5. The van der Waals surface area contributed by atoms with E-state index in [0.717, 1.165) is 25.0 Å². The van der Waals surface area contributed by atoms with E-state index in [4.69, 9.17) is 10.00 Å². The van der Waals surface area contributed by atoms with Crippen LogP contribution in [-0.4, -0.2) is 18.2 Å². The van der Waals surface area contributed by atoms with Crippen LogP contribution >= 0.6 is 0 Å². The molecule has 0 aliphatic heterocycles. The third-order valence-corrected chi connectivity index (χ3v) is 3.58. The highest BCUT2D eigenvalue weighted by molar-refractivity contribution is 5.88. The molecule has 0 radical (unpaired) electrons. The molecule has 1 N–H and O–H groups in total. The van der Waals surface area contributed by atoms with Crippen molar-refractivity contribution in [2.24, 2.45) is 11.0 Å². The van der Waals surface area contributed by atoms with Crippen molar-refractivity contribution in [1.82, 2.24) is 5.43 Å². The van der Waals surface area contributed by atoms with Gasteiger partial charge in [0.2, 0.25) is 0 Å². The first-order chi connectivity index (χ1) is 10.2. The number of carbonyl (C=O) groups excluding carboxylic acids is 1. The van der Waals surface area contributed by atoms with Gasteiger partial charge in [-0.05, 0) is 37.3 Å². The molecule has 0 unspecified atom stereocenters. The Kier molecular flexibility index (Phi) is 5.33. The molecule has 1 saturated carbocycles. The van der Waals surface area contributed by atoms with Gasteiger partial charge in [-0.15, -0.1) is 0 Å². The van der Waals surface area contributed by atoms with Gasteiger partial charge < -0.3 is 4.74 Å². The Morgan fingerprint density at radius 2 is 2.29 bits per heavy atom. The van der Waals surface area contributed by atoms with Gasteiger partial charge in [0.05, 0.1) is 5.56 Å². The molecule has 5 heteroatoms. The van der Waals surface area contributed by atoms with Gasteiger partial charge in [-0.3, -0.25) is 4.79 Å². The summed E-state index contributed by atoms with van der Waals surface area (Å²) >= 11 is 0. The van der Waals surface area contributed by atoms with E-state index in [-0.39, 0.29) is 12.5 Å². The van der Waals surface area contributed by atoms with Crippen molar-refractivity contribution in [1.29, 1.82) is 5.26 Å². The summed E-state index contributed by atoms with van der Waals surface area (Å²) < 4.78 is 5.35. The third kappa shape index (κ3) is 4.32. The first-order valence-electron chi connectivity index (χ1n) is 7.18. The lowest BCUT2D eigenvalue weighted by molar-refractivity contribution is -0.123. The number of nitrogens with one attached hydrogen (secondary N) is 1. The number of hydrogen-bond donors (Lipinski definition) is 1. The van der Waals surface area contributed by atoms with Crippen LogP contribution in [0.2, 0.25) is 0 Å². The van der Waals surface area contributed by atoms with Gasteiger partial charge >= 0.3 is 0 Å². The Morgan fingerprint density at radius 1 is 1.48 bits per heavy atom. The zero-order valence-corrected chi connectivity index (χ0v) is 12.1. The number of carbonyl (C=O) groups is 1. The zero-order valence-electron chi connectivity index (χ0n) is 12.1. The molecule has 1 fully saturated rings. The summed E-state index contributed by atoms with van der Waals surface area (Å²) in [5.41, 5.74) is 3.99. The van der Waals surface area contributed by atoms with Gasteiger partial charge in [-0.2, -0.15) is 10.4 Å². The van der Waals surface area contributed by atoms with Crippen molar-refractivity contribution in [3.63, 3.8) is 0 Å². The van der Waals surface area contributed by atoms with Crippen molar-refractivity contribution in [2.45, 2.75) is 32.6 Å². The lowest BCUT2D eigenvalue weighted by Crippen LogP contribution is -2.28. The second kappa shape index (κ2) is 7.44. The van der Waals surface area contributed by atoms with E-state index >= 15 is 0 Å². The lowest BCUT2D eigenvalue weighted by atomic mass is 9.89. The average Bonchev–Trinajstić information content (AvgIpc) is 2.52. The van der Waals surface area contributed by atoms with Crippen molar-refractivity contribution < 1.29 is 9.53 Å². The molecule has 0 heterocycles. The maximum atomic E-state index is 11.7. The Morgan fingerprint density at radius 3 is 3.05 bits per heavy atom. The molecule has 110 valence electrons. The van der Waals surface area contributed by atoms with E-state index in [1.165, 1.54) is 6.42 Å². The van der Waals surface area contributed by atoms with Crippen LogP contribution in [0.15, 0.2) is 29.4 Å². The number of para-hydroxylation sites is 1. The SMILES string of the molecule is C[C@H]1CCCC/C1=N/NC(=O)COc1ccccc1C#N. The van der Waals surface area contributed by atoms with E-state index in [9.17, 15) is 4.79 Å². The maximum Gasteiger partial charge on any atom is 0.277 e. The normalized spacial score (nSPS) is 19.8. The minimum atomic E-state index is -0.312. The molecule has 1 aliphatic rings. The predicted octanol–water partition coefficient (Wildman–Crippen LogP) is 2.62. The second-order valence-electron chi connectivity index (χ2n) is 5.18. The molecule has 5 nitrogen and oxygen atoms in total. The van der Waals surface area contributed by atoms with Crippen molar-refractivity contribution >= 4 is 11.6 Å². The van der Waals surface area contributed by atoms with E-state index in [1.54, 1.807) is 24.3 Å². The summed E-state index contributed by atoms with van der Waals surface area (Å²) in [7, 11) is 0. The van der Waals surface area contributed by atoms with Gasteiger partial charge in [0.25, 0.3) is 5.91 Å². The number of amides is 1. The molecule has 1 amide bonds. The number of benzene rings is 1. The highest BCUT2D eigenvalue weighted by Crippen LogP contribution is 2.20. The lowest BCUT2D eigenvalue weighted by Gasteiger charge is -2.19. The van der Waals surface area contributed by atoms with Gasteiger partial charge in [-0.25, -0.2) is 5.43 Å². The van der Waals surface area contributed by atoms with Gasteiger partial charge in [0.15, 0.2) is 6.61 Å². The van der Waals surface area contributed by atoms with Crippen LogP contribution in [0.4, 0.5) is 0 Å². The summed E-state index contributed by atoms with van der Waals surface area (Å²) in [6, 6.07) is 8.86. The van der Waals surface area contributed by atoms with Crippen LogP contribution in [0.3, 0.4) is 0 Å². The fraction of sp³-hybridized carbons (Fsp3) is 0.438. The van der Waals surface area contributed by atoms with Crippen molar-refractivity contribution in [3.05, 3.63) is 29.8 Å². The number of hydrazone groups is 1. The third-order valence-electron chi connectivity index (χ3n) is 3.58. The van der Waals surface area contributed by atoms with Crippen molar-refractivity contribution in [3.8, 4) is 11.8 Å². The fourth-order valence-electron chi connectivity index (χ4n) is 2.33. The molecule has 0 bridgehead atoms. The molecule has 1 aromatic carbocycles. The minimum absolute atomic E-state index is 0.149. The predicted molar refractivity (Wildman–Crippen MR) is 79.9 cm³/mol. The first-order valence-corrected chi connectivity index (χ1v) is 7.18. The Labute approximate surface area is 124 Å². The Hall–Kier alpha value is -2.35. The number of hydrogen-bond acceptors (Lipinski definition) is 4. The first kappa shape index (κ1) is 15.0. The summed E-state index contributed by atoms with van der Waals surface area (Å²) in [5, 5.41) is 13.1. The van der Waals surface area contributed by atoms with Crippen LogP contribution < -0.4 is 10.2 Å². The van der Waals surface area contributed by atoms with Crippen molar-refractivity contribution in [2.75, 3.05) is 6.61 Å². The fourth-order valence-corrected chi connectivity index (χ4v) is 2.33. The van der Waals surface area contributed by atoms with Crippen LogP contribution in [0.25, 0.3) is 0 Å². The van der Waals surface area contributed by atoms with Gasteiger partial charge in [0, 0.05) is 5.71 Å². The number of nitrogens with zero attached hydrogens (tertiary/aromatic N) is 2. The smallest absolute Gasteiger partial charge is 0.277 e. The second-order valence-corrected chi connectivity index (χ2v) is 5.18. The molecule has 1 aliphatic carbocycles. The van der Waals surface area contributed by atoms with E-state index in [2.05, 4.69) is 17.5 Å². The summed E-state index contributed by atoms with van der Waals surface area (Å²) in [4.78, 5) is 11.7. The summed E-state index contributed by atoms with van der Waals surface area (Å²) in [6.45, 7) is 1.98. The van der Waals surface area contributed by atoms with E-state index in [0.29, 0.717) is 17.2 Å². The van der Waals surface area contributed by atoms with Crippen LogP contribution in [0, 0.1) is 17.2 Å². The minimum Gasteiger partial charge on any atom is -0.482 e. The molecule has 1 aromatic rings. The van der Waals surface area contributed by atoms with Gasteiger partial charge in [0.1, 0.15) is 11.8 Å². The summed E-state index contributed by atoms with van der Waals surface area (Å²) in [6.07, 6.45) is 4.42. The topological polar surface area (TPSA) is 74.5 Å². The van der Waals surface area contributed by atoms with Gasteiger partial charge in [-0.1, -0.05) is 25.5 Å². The molecule has 21 heavy (non-hydrogen) atoms. The van der Waals surface area contributed by atoms with E-state index < -0.39 is 0 Å². The highest BCUT2D eigenvalue weighted by Gasteiger charge is 2.16. The molecular formula is C16H19N3O2. The number of rotatable bonds is 4. The van der Waals surface area contributed by atoms with Crippen LogP contribution in [0.1, 0.15) is 38.2 Å². The summed E-state index contributed by atoms with van der Waals surface area (Å²) in [5.74, 6) is 0.529. The maximum absolute atomic E-state index is 11.7. The monoisotopic (exact) mass is 285 g/mol. The van der Waals surface area contributed by atoms with Crippen LogP contribution in [-0.2, 0) is 4.79 Å². The largest absolute Gasteiger partial charge is 0.482 e. The standard InChI is InChI=1S/C16H19N3O2/c1-12-6-2-4-8-14(12)18-19-16(20)11-21-15-9-5-3-7-13(15)10-17/h3,5,7,9,12H,2,4,6,8,11H2,1H3,(H,19,20)/b18-14-/t12-/m0/s1. The Bertz CT molecular complexity index is 575. The molecule has 2 rings (SSSR count). The quantitative estimate of drug-likeness (QED) is 0.864.